The zero-order valence-corrected chi connectivity index (χ0v) is 23.6. The average Bonchev–Trinajstić information content (AvgIpc) is 2.83. The number of nitrogens with one attached hydrogen (secondary N) is 2. The molecule has 3 rings (SSSR count). The lowest BCUT2D eigenvalue weighted by molar-refractivity contribution is 0.102. The molecule has 3 aromatic rings. The molecule has 1 heterocycles. The maximum Gasteiger partial charge on any atom is 0.516 e. The number of carbonyl (C=O) groups is 2. The largest absolute Gasteiger partial charge is 0.516 e. The van der Waals surface area contributed by atoms with Gasteiger partial charge in [-0.2, -0.15) is 4.98 Å². The summed E-state index contributed by atoms with van der Waals surface area (Å²) in [4.78, 5) is 32.3. The van der Waals surface area contributed by atoms with Crippen molar-refractivity contribution in [2.45, 2.75) is 26.2 Å². The summed E-state index contributed by atoms with van der Waals surface area (Å²) >= 11 is 6.27. The Morgan fingerprint density at radius 3 is 2.33 bits per heavy atom. The highest BCUT2D eigenvalue weighted by atomic mass is 35.5. The van der Waals surface area contributed by atoms with Gasteiger partial charge in [0, 0.05) is 17.8 Å². The van der Waals surface area contributed by atoms with Gasteiger partial charge < -0.3 is 24.3 Å². The van der Waals surface area contributed by atoms with Crippen molar-refractivity contribution < 1.29 is 37.0 Å². The van der Waals surface area contributed by atoms with E-state index in [1.165, 1.54) is 37.6 Å². The van der Waals surface area contributed by atoms with Crippen LogP contribution in [0.4, 0.5) is 16.2 Å². The van der Waals surface area contributed by atoms with E-state index in [0.29, 0.717) is 0 Å². The second-order valence-corrected chi connectivity index (χ2v) is 11.3. The van der Waals surface area contributed by atoms with Crippen molar-refractivity contribution in [1.82, 2.24) is 9.97 Å². The Kier molecular flexibility index (Phi) is 8.87. The lowest BCUT2D eigenvalue weighted by Gasteiger charge is -2.24. The molecule has 14 heteroatoms. The molecule has 0 aliphatic carbocycles. The number of ether oxygens (including phenoxy) is 4. The standard InChI is InChI=1S/C25H27ClN4O8S/c1-25(2,3)15-12-17(21(35-4)18(13-15)30-39(6,33)34)28-22(31)14-7-8-16(26)19(11-14)37-20-9-10-27-23(29-20)38-24(32)36-5/h7-13,30H,1-6H3,(H,28,31). The van der Waals surface area contributed by atoms with Crippen molar-refractivity contribution in [3.8, 4) is 23.4 Å². The number of hydrogen-bond donors (Lipinski definition) is 2. The second-order valence-electron chi connectivity index (χ2n) is 9.16. The molecule has 0 radical (unpaired) electrons. The second kappa shape index (κ2) is 11.7. The van der Waals surface area contributed by atoms with Crippen LogP contribution in [0.2, 0.25) is 5.02 Å². The van der Waals surface area contributed by atoms with Gasteiger partial charge in [0.25, 0.3) is 5.91 Å². The van der Waals surface area contributed by atoms with Gasteiger partial charge in [0.1, 0.15) is 5.75 Å². The SMILES string of the molecule is COC(=O)Oc1nccc(Oc2cc(C(=O)Nc3cc(C(C)(C)C)cc(NS(C)(=O)=O)c3OC)ccc2Cl)n1. The first-order chi connectivity index (χ1) is 18.2. The summed E-state index contributed by atoms with van der Waals surface area (Å²) in [6.07, 6.45) is 1.30. The molecule has 0 saturated carbocycles. The number of methoxy groups -OCH3 is 2. The van der Waals surface area contributed by atoms with E-state index in [2.05, 4.69) is 24.7 Å². The van der Waals surface area contributed by atoms with E-state index in [9.17, 15) is 18.0 Å². The molecule has 0 atom stereocenters. The fraction of sp³-hybridized carbons (Fsp3) is 0.280. The summed E-state index contributed by atoms with van der Waals surface area (Å²) in [7, 11) is -1.14. The summed E-state index contributed by atoms with van der Waals surface area (Å²) in [6, 6.07) is 8.77. The minimum atomic E-state index is -3.64. The number of anilines is 2. The number of sulfonamides is 1. The fourth-order valence-corrected chi connectivity index (χ4v) is 3.93. The summed E-state index contributed by atoms with van der Waals surface area (Å²) in [5.74, 6) is -0.351. The molecular weight excluding hydrogens is 552 g/mol. The number of hydrogen-bond acceptors (Lipinski definition) is 10. The topological polar surface area (TPSA) is 155 Å². The van der Waals surface area contributed by atoms with Crippen LogP contribution in [0.1, 0.15) is 36.7 Å². The van der Waals surface area contributed by atoms with E-state index in [0.717, 1.165) is 18.9 Å². The predicted molar refractivity (Wildman–Crippen MR) is 145 cm³/mol. The number of halogens is 1. The highest BCUT2D eigenvalue weighted by Crippen LogP contribution is 2.39. The first kappa shape index (κ1) is 29.5. The third kappa shape index (κ3) is 7.94. The number of benzene rings is 2. The molecule has 0 fully saturated rings. The number of aromatic nitrogens is 2. The zero-order valence-electron chi connectivity index (χ0n) is 22.0. The number of amides is 1. The number of carbonyl (C=O) groups excluding carboxylic acids is 2. The number of rotatable bonds is 8. The van der Waals surface area contributed by atoms with Crippen molar-refractivity contribution in [2.24, 2.45) is 0 Å². The molecule has 1 aromatic heterocycles. The first-order valence-corrected chi connectivity index (χ1v) is 13.5. The van der Waals surface area contributed by atoms with E-state index >= 15 is 0 Å². The fourth-order valence-electron chi connectivity index (χ4n) is 3.23. The minimum absolute atomic E-state index is 0.0144. The van der Waals surface area contributed by atoms with Crippen LogP contribution in [-0.4, -0.2) is 50.9 Å². The lowest BCUT2D eigenvalue weighted by Crippen LogP contribution is -2.18. The highest BCUT2D eigenvalue weighted by molar-refractivity contribution is 7.92. The normalized spacial score (nSPS) is 11.4. The maximum atomic E-state index is 13.3. The first-order valence-electron chi connectivity index (χ1n) is 11.3. The molecule has 0 bridgehead atoms. The maximum absolute atomic E-state index is 13.3. The van der Waals surface area contributed by atoms with Gasteiger partial charge in [0.15, 0.2) is 5.75 Å². The van der Waals surface area contributed by atoms with Crippen LogP contribution in [0.5, 0.6) is 23.4 Å². The molecule has 208 valence electrons. The smallest absolute Gasteiger partial charge is 0.492 e. The van der Waals surface area contributed by atoms with Crippen molar-refractivity contribution in [1.29, 1.82) is 0 Å². The Morgan fingerprint density at radius 1 is 1.03 bits per heavy atom. The van der Waals surface area contributed by atoms with Crippen molar-refractivity contribution in [3.63, 3.8) is 0 Å². The Labute approximate surface area is 230 Å². The van der Waals surface area contributed by atoms with Crippen molar-refractivity contribution in [2.75, 3.05) is 30.5 Å². The molecule has 2 aromatic carbocycles. The summed E-state index contributed by atoms with van der Waals surface area (Å²) in [5, 5.41) is 2.94. The Balaban J connectivity index is 1.94. The third-order valence-corrected chi connectivity index (χ3v) is 5.96. The summed E-state index contributed by atoms with van der Waals surface area (Å²) in [5.41, 5.74) is 0.957. The van der Waals surface area contributed by atoms with E-state index in [1.54, 1.807) is 12.1 Å². The van der Waals surface area contributed by atoms with Gasteiger partial charge in [-0.05, 0) is 41.3 Å². The summed E-state index contributed by atoms with van der Waals surface area (Å²) < 4.78 is 46.7. The molecule has 0 aliphatic heterocycles. The van der Waals surface area contributed by atoms with Gasteiger partial charge in [0.05, 0.1) is 36.9 Å². The molecule has 39 heavy (non-hydrogen) atoms. The van der Waals surface area contributed by atoms with Crippen LogP contribution < -0.4 is 24.2 Å². The molecule has 1 amide bonds. The van der Waals surface area contributed by atoms with E-state index in [4.69, 9.17) is 25.8 Å². The average molecular weight is 579 g/mol. The Bertz CT molecular complexity index is 1510. The Hall–Kier alpha value is -4.10. The van der Waals surface area contributed by atoms with Gasteiger partial charge in [-0.25, -0.2) is 18.2 Å². The number of nitrogens with zero attached hydrogens (tertiary/aromatic N) is 2. The molecular formula is C25H27ClN4O8S. The van der Waals surface area contributed by atoms with Gasteiger partial charge in [-0.15, -0.1) is 0 Å². The van der Waals surface area contributed by atoms with Gasteiger partial charge >= 0.3 is 12.2 Å². The van der Waals surface area contributed by atoms with E-state index < -0.39 is 22.1 Å². The molecule has 0 aliphatic rings. The summed E-state index contributed by atoms with van der Waals surface area (Å²) in [6.45, 7) is 5.84. The van der Waals surface area contributed by atoms with E-state index in [-0.39, 0.29) is 50.8 Å². The van der Waals surface area contributed by atoms with Crippen LogP contribution in [0, 0.1) is 0 Å². The predicted octanol–water partition coefficient (Wildman–Crippen LogP) is 5.00. The molecule has 0 saturated heterocycles. The zero-order chi connectivity index (χ0) is 29.0. The molecule has 0 unspecified atom stereocenters. The van der Waals surface area contributed by atoms with Gasteiger partial charge in [-0.3, -0.25) is 9.52 Å². The minimum Gasteiger partial charge on any atom is -0.492 e. The van der Waals surface area contributed by atoms with Crippen LogP contribution in [0.25, 0.3) is 0 Å². The van der Waals surface area contributed by atoms with Crippen LogP contribution >= 0.6 is 11.6 Å². The lowest BCUT2D eigenvalue weighted by atomic mass is 9.86. The van der Waals surface area contributed by atoms with Crippen LogP contribution in [0.15, 0.2) is 42.6 Å². The van der Waals surface area contributed by atoms with Crippen LogP contribution in [0.3, 0.4) is 0 Å². The highest BCUT2D eigenvalue weighted by Gasteiger charge is 2.23. The molecule has 12 nitrogen and oxygen atoms in total. The van der Waals surface area contributed by atoms with Gasteiger partial charge in [0.2, 0.25) is 15.9 Å². The van der Waals surface area contributed by atoms with Crippen molar-refractivity contribution >= 4 is 45.1 Å². The molecule has 0 spiro atoms. The van der Waals surface area contributed by atoms with E-state index in [1.807, 2.05) is 20.8 Å². The Morgan fingerprint density at radius 2 is 1.72 bits per heavy atom. The van der Waals surface area contributed by atoms with Crippen molar-refractivity contribution in [3.05, 3.63) is 58.7 Å². The quantitative estimate of drug-likeness (QED) is 0.349. The third-order valence-electron chi connectivity index (χ3n) is 5.06. The molecule has 2 N–H and O–H groups in total. The van der Waals surface area contributed by atoms with Gasteiger partial charge in [-0.1, -0.05) is 32.4 Å². The van der Waals surface area contributed by atoms with Crippen LogP contribution in [-0.2, 0) is 20.2 Å². The monoisotopic (exact) mass is 578 g/mol.